The van der Waals surface area contributed by atoms with Gasteiger partial charge in [0.25, 0.3) is 5.91 Å². The van der Waals surface area contributed by atoms with Gasteiger partial charge >= 0.3 is 5.97 Å². The normalized spacial score (nSPS) is 16.4. The molecule has 3 rings (SSSR count). The molecule has 2 N–H and O–H groups in total. The highest BCUT2D eigenvalue weighted by Gasteiger charge is 2.40. The summed E-state index contributed by atoms with van der Waals surface area (Å²) < 4.78 is 8.88. The van der Waals surface area contributed by atoms with E-state index < -0.39 is 11.4 Å². The van der Waals surface area contributed by atoms with E-state index in [-0.39, 0.29) is 12.5 Å². The fourth-order valence-electron chi connectivity index (χ4n) is 3.43. The van der Waals surface area contributed by atoms with Crippen LogP contribution in [0.5, 0.6) is 0 Å². The molecule has 1 aliphatic heterocycles. The summed E-state index contributed by atoms with van der Waals surface area (Å²) >= 11 is 0. The molecule has 3 heterocycles. The molecule has 8 nitrogen and oxygen atoms in total. The van der Waals surface area contributed by atoms with Crippen LogP contribution in [0.4, 0.5) is 0 Å². The standard InChI is InChI=1S/C18H24N4O4/c1-12-4-5-13(2)22(12)16-14(10-20-21(16)3)15(23)19-11-18(17(24)25)6-8-26-9-7-18/h4-5,10H,6-9,11H2,1-3H3,(H,19,23)(H,24,25). The van der Waals surface area contributed by atoms with Crippen LogP contribution in [-0.4, -0.2) is 51.1 Å². The lowest BCUT2D eigenvalue weighted by atomic mass is 9.80. The van der Waals surface area contributed by atoms with Gasteiger partial charge < -0.3 is 19.7 Å². The van der Waals surface area contributed by atoms with Gasteiger partial charge in [-0.25, -0.2) is 0 Å². The number of carboxylic acids is 1. The largest absolute Gasteiger partial charge is 0.481 e. The van der Waals surface area contributed by atoms with Gasteiger partial charge in [0, 0.05) is 38.2 Å². The zero-order valence-electron chi connectivity index (χ0n) is 15.3. The number of aromatic nitrogens is 3. The van der Waals surface area contributed by atoms with Crippen molar-refractivity contribution in [1.82, 2.24) is 19.7 Å². The second-order valence-corrected chi connectivity index (χ2v) is 6.84. The summed E-state index contributed by atoms with van der Waals surface area (Å²) in [6.45, 7) is 4.78. The third-order valence-electron chi connectivity index (χ3n) is 5.13. The quantitative estimate of drug-likeness (QED) is 0.841. The lowest BCUT2D eigenvalue weighted by molar-refractivity contribution is -0.154. The Labute approximate surface area is 151 Å². The molecule has 1 aliphatic rings. The molecule has 0 bridgehead atoms. The Balaban J connectivity index is 1.84. The maximum absolute atomic E-state index is 12.8. The summed E-state index contributed by atoms with van der Waals surface area (Å²) in [6, 6.07) is 3.96. The summed E-state index contributed by atoms with van der Waals surface area (Å²) in [6.07, 6.45) is 2.29. The number of hydrogen-bond donors (Lipinski definition) is 2. The van der Waals surface area contributed by atoms with Gasteiger partial charge in [0.15, 0.2) is 0 Å². The molecular formula is C18H24N4O4. The van der Waals surface area contributed by atoms with Crippen molar-refractivity contribution in [2.24, 2.45) is 12.5 Å². The Bertz CT molecular complexity index is 811. The fraction of sp³-hybridized carbons (Fsp3) is 0.500. The van der Waals surface area contributed by atoms with E-state index in [9.17, 15) is 14.7 Å². The van der Waals surface area contributed by atoms with E-state index in [1.165, 1.54) is 6.20 Å². The molecular weight excluding hydrogens is 336 g/mol. The Kier molecular flexibility index (Phi) is 4.86. The first-order chi connectivity index (χ1) is 12.4. The number of ether oxygens (including phenoxy) is 1. The molecule has 0 saturated carbocycles. The molecule has 0 spiro atoms. The number of nitrogens with one attached hydrogen (secondary N) is 1. The topological polar surface area (TPSA) is 98.4 Å². The Morgan fingerprint density at radius 2 is 1.88 bits per heavy atom. The van der Waals surface area contributed by atoms with Crippen LogP contribution >= 0.6 is 0 Å². The van der Waals surface area contributed by atoms with Gasteiger partial charge in [0.05, 0.1) is 11.6 Å². The predicted molar refractivity (Wildman–Crippen MR) is 94.5 cm³/mol. The third-order valence-corrected chi connectivity index (χ3v) is 5.13. The number of rotatable bonds is 5. The van der Waals surface area contributed by atoms with Crippen LogP contribution in [0.25, 0.3) is 5.82 Å². The predicted octanol–water partition coefficient (Wildman–Crippen LogP) is 1.44. The molecule has 0 radical (unpaired) electrons. The molecule has 2 aromatic rings. The highest BCUT2D eigenvalue weighted by Crippen LogP contribution is 2.30. The summed E-state index contributed by atoms with van der Waals surface area (Å²) in [4.78, 5) is 24.5. The van der Waals surface area contributed by atoms with Crippen LogP contribution in [0.3, 0.4) is 0 Å². The first kappa shape index (κ1) is 18.2. The van der Waals surface area contributed by atoms with Gasteiger partial charge in [-0.3, -0.25) is 14.3 Å². The molecule has 2 aromatic heterocycles. The van der Waals surface area contributed by atoms with Crippen LogP contribution in [0.2, 0.25) is 0 Å². The number of carboxylic acid groups (broad SMARTS) is 1. The van der Waals surface area contributed by atoms with Gasteiger partial charge in [-0.2, -0.15) is 5.10 Å². The first-order valence-corrected chi connectivity index (χ1v) is 8.62. The number of aryl methyl sites for hydroxylation is 3. The maximum atomic E-state index is 12.8. The second-order valence-electron chi connectivity index (χ2n) is 6.84. The van der Waals surface area contributed by atoms with Crippen molar-refractivity contribution in [1.29, 1.82) is 0 Å². The first-order valence-electron chi connectivity index (χ1n) is 8.62. The SMILES string of the molecule is Cc1ccc(C)n1-c1c(C(=O)NCC2(C(=O)O)CCOCC2)cnn1C. The zero-order chi connectivity index (χ0) is 18.9. The van der Waals surface area contributed by atoms with Crippen LogP contribution in [0.15, 0.2) is 18.3 Å². The van der Waals surface area contributed by atoms with Crippen molar-refractivity contribution < 1.29 is 19.4 Å². The molecule has 8 heteroatoms. The van der Waals surface area contributed by atoms with E-state index in [0.717, 1.165) is 11.4 Å². The monoisotopic (exact) mass is 360 g/mol. The van der Waals surface area contributed by atoms with Crippen molar-refractivity contribution in [3.05, 3.63) is 35.3 Å². The van der Waals surface area contributed by atoms with E-state index in [1.807, 2.05) is 30.5 Å². The minimum Gasteiger partial charge on any atom is -0.481 e. The Hall–Kier alpha value is -2.61. The molecule has 26 heavy (non-hydrogen) atoms. The van der Waals surface area contributed by atoms with E-state index in [1.54, 1.807) is 11.7 Å². The minimum atomic E-state index is -0.977. The molecule has 0 aromatic carbocycles. The van der Waals surface area contributed by atoms with Crippen molar-refractivity contribution in [3.63, 3.8) is 0 Å². The lowest BCUT2D eigenvalue weighted by Crippen LogP contribution is -2.46. The molecule has 0 unspecified atom stereocenters. The van der Waals surface area contributed by atoms with Gasteiger partial charge in [-0.15, -0.1) is 0 Å². The summed E-state index contributed by atoms with van der Waals surface area (Å²) in [5.74, 6) is -0.559. The van der Waals surface area contributed by atoms with Crippen LogP contribution in [0, 0.1) is 19.3 Å². The lowest BCUT2D eigenvalue weighted by Gasteiger charge is -2.33. The highest BCUT2D eigenvalue weighted by atomic mass is 16.5. The zero-order valence-corrected chi connectivity index (χ0v) is 15.3. The van der Waals surface area contributed by atoms with E-state index in [4.69, 9.17) is 4.74 Å². The number of nitrogens with zero attached hydrogens (tertiary/aromatic N) is 3. The van der Waals surface area contributed by atoms with Crippen molar-refractivity contribution in [3.8, 4) is 5.82 Å². The summed E-state index contributed by atoms with van der Waals surface area (Å²) in [7, 11) is 1.78. The number of amides is 1. The van der Waals surface area contributed by atoms with Crippen LogP contribution in [0.1, 0.15) is 34.6 Å². The molecule has 0 aliphatic carbocycles. The molecule has 0 atom stereocenters. The average molecular weight is 360 g/mol. The van der Waals surface area contributed by atoms with E-state index in [2.05, 4.69) is 10.4 Å². The average Bonchev–Trinajstić information content (AvgIpc) is 3.15. The van der Waals surface area contributed by atoms with Crippen molar-refractivity contribution >= 4 is 11.9 Å². The Morgan fingerprint density at radius 3 is 2.46 bits per heavy atom. The summed E-state index contributed by atoms with van der Waals surface area (Å²) in [5, 5.41) is 16.7. The molecule has 1 amide bonds. The number of hydrogen-bond acceptors (Lipinski definition) is 4. The highest BCUT2D eigenvalue weighted by molar-refractivity contribution is 5.97. The molecule has 1 fully saturated rings. The van der Waals surface area contributed by atoms with Crippen LogP contribution in [-0.2, 0) is 16.6 Å². The Morgan fingerprint density at radius 1 is 1.27 bits per heavy atom. The van der Waals surface area contributed by atoms with E-state index in [0.29, 0.717) is 37.4 Å². The van der Waals surface area contributed by atoms with Gasteiger partial charge in [0.2, 0.25) is 0 Å². The molecule has 140 valence electrons. The second kappa shape index (κ2) is 6.95. The molecule has 1 saturated heterocycles. The van der Waals surface area contributed by atoms with Crippen molar-refractivity contribution in [2.75, 3.05) is 19.8 Å². The van der Waals surface area contributed by atoms with Gasteiger partial charge in [-0.1, -0.05) is 0 Å². The fourth-order valence-corrected chi connectivity index (χ4v) is 3.43. The van der Waals surface area contributed by atoms with Gasteiger partial charge in [-0.05, 0) is 38.8 Å². The maximum Gasteiger partial charge on any atom is 0.311 e. The third kappa shape index (κ3) is 3.12. The number of aliphatic carboxylic acids is 1. The number of carbonyl (C=O) groups excluding carboxylic acids is 1. The summed E-state index contributed by atoms with van der Waals surface area (Å²) in [5.41, 5.74) is 1.43. The number of carbonyl (C=O) groups is 2. The minimum absolute atomic E-state index is 0.0719. The smallest absolute Gasteiger partial charge is 0.311 e. The van der Waals surface area contributed by atoms with E-state index >= 15 is 0 Å². The van der Waals surface area contributed by atoms with Gasteiger partial charge in [0.1, 0.15) is 11.4 Å². The van der Waals surface area contributed by atoms with Crippen LogP contribution < -0.4 is 5.32 Å². The van der Waals surface area contributed by atoms with Crippen molar-refractivity contribution in [2.45, 2.75) is 26.7 Å².